The van der Waals surface area contributed by atoms with E-state index < -0.39 is 5.97 Å². The van der Waals surface area contributed by atoms with Crippen LogP contribution >= 0.6 is 0 Å². The van der Waals surface area contributed by atoms with Crippen LogP contribution in [0, 0.1) is 0 Å². The first-order valence-corrected chi connectivity index (χ1v) is 7.27. The molecular weight excluding hydrogens is 276 g/mol. The number of rotatable bonds is 5. The summed E-state index contributed by atoms with van der Waals surface area (Å²) < 4.78 is 6.07. The maximum atomic E-state index is 10.6. The van der Waals surface area contributed by atoms with Crippen LogP contribution in [0.3, 0.4) is 0 Å². The molecule has 0 aromatic heterocycles. The van der Waals surface area contributed by atoms with E-state index in [-0.39, 0.29) is 20.0 Å². The Hall–Kier alpha value is -2.29. The van der Waals surface area contributed by atoms with E-state index in [1.54, 1.807) is 0 Å². The molecule has 0 radical (unpaired) electrons. The normalized spacial score (nSPS) is 15.7. The van der Waals surface area contributed by atoms with Crippen molar-refractivity contribution in [3.8, 4) is 5.75 Å². The number of aliphatic carboxylic acids is 1. The summed E-state index contributed by atoms with van der Waals surface area (Å²) in [6, 6.07) is 16.2. The van der Waals surface area contributed by atoms with Crippen molar-refractivity contribution in [2.24, 2.45) is 0 Å². The van der Waals surface area contributed by atoms with Crippen LogP contribution in [0.5, 0.6) is 5.75 Å². The van der Waals surface area contributed by atoms with Gasteiger partial charge in [-0.3, -0.25) is 4.79 Å². The van der Waals surface area contributed by atoms with Crippen molar-refractivity contribution < 1.29 is 14.6 Å². The molecule has 22 heavy (non-hydrogen) atoms. The third-order valence-electron chi connectivity index (χ3n) is 3.91. The summed E-state index contributed by atoms with van der Waals surface area (Å²) in [5.74, 6) is 0.0775. The van der Waals surface area contributed by atoms with E-state index in [1.807, 2.05) is 24.3 Å². The number of carboxylic acids is 1. The SMILES string of the molecule is C.O=C(O)CCc1ccc(OC2CCc3ccccc32)cc1. The zero-order chi connectivity index (χ0) is 14.7. The van der Waals surface area contributed by atoms with Crippen molar-refractivity contribution in [3.05, 3.63) is 65.2 Å². The summed E-state index contributed by atoms with van der Waals surface area (Å²) in [4.78, 5) is 10.6. The molecule has 3 rings (SSSR count). The van der Waals surface area contributed by atoms with E-state index in [4.69, 9.17) is 9.84 Å². The summed E-state index contributed by atoms with van der Waals surface area (Å²) in [6.45, 7) is 0. The summed E-state index contributed by atoms with van der Waals surface area (Å²) in [5.41, 5.74) is 3.68. The Kier molecular flexibility index (Phi) is 5.21. The van der Waals surface area contributed by atoms with Crippen LogP contribution in [0.4, 0.5) is 0 Å². The van der Waals surface area contributed by atoms with Gasteiger partial charge in [-0.2, -0.15) is 0 Å². The number of hydrogen-bond donors (Lipinski definition) is 1. The van der Waals surface area contributed by atoms with Gasteiger partial charge in [0, 0.05) is 6.42 Å². The average Bonchev–Trinajstić information content (AvgIpc) is 2.90. The van der Waals surface area contributed by atoms with Crippen molar-refractivity contribution in [1.82, 2.24) is 0 Å². The molecule has 2 aromatic carbocycles. The molecule has 1 atom stereocenters. The van der Waals surface area contributed by atoms with E-state index in [2.05, 4.69) is 24.3 Å². The van der Waals surface area contributed by atoms with Crippen molar-refractivity contribution in [2.45, 2.75) is 39.2 Å². The Labute approximate surface area is 131 Å². The number of hydrogen-bond acceptors (Lipinski definition) is 2. The van der Waals surface area contributed by atoms with Gasteiger partial charge in [0.2, 0.25) is 0 Å². The summed E-state index contributed by atoms with van der Waals surface area (Å²) in [7, 11) is 0. The molecule has 0 saturated carbocycles. The zero-order valence-corrected chi connectivity index (χ0v) is 11.8. The molecule has 2 aromatic rings. The zero-order valence-electron chi connectivity index (χ0n) is 11.8. The Morgan fingerprint density at radius 2 is 1.86 bits per heavy atom. The predicted molar refractivity (Wildman–Crippen MR) is 87.3 cm³/mol. The molecule has 0 fully saturated rings. The lowest BCUT2D eigenvalue weighted by atomic mass is 10.1. The van der Waals surface area contributed by atoms with Gasteiger partial charge < -0.3 is 9.84 Å². The second-order valence-corrected chi connectivity index (χ2v) is 5.38. The van der Waals surface area contributed by atoms with Gasteiger partial charge in [-0.05, 0) is 48.1 Å². The number of carbonyl (C=O) groups is 1. The standard InChI is InChI=1S/C18H18O3.CH4/c19-18(20)12-7-13-5-9-15(10-6-13)21-17-11-8-14-3-1-2-4-16(14)17;/h1-6,9-10,17H,7-8,11-12H2,(H,19,20);1H4. The maximum Gasteiger partial charge on any atom is 0.303 e. The Bertz CT molecular complexity index is 631. The molecule has 3 nitrogen and oxygen atoms in total. The highest BCUT2D eigenvalue weighted by molar-refractivity contribution is 5.67. The van der Waals surface area contributed by atoms with Crippen LogP contribution in [0.25, 0.3) is 0 Å². The highest BCUT2D eigenvalue weighted by Crippen LogP contribution is 2.34. The Morgan fingerprint density at radius 3 is 2.59 bits per heavy atom. The van der Waals surface area contributed by atoms with Crippen LogP contribution < -0.4 is 4.74 Å². The van der Waals surface area contributed by atoms with Crippen LogP contribution in [0.1, 0.15) is 43.1 Å². The molecule has 0 aliphatic heterocycles. The highest BCUT2D eigenvalue weighted by atomic mass is 16.5. The summed E-state index contributed by atoms with van der Waals surface area (Å²) in [6.07, 6.45) is 2.93. The van der Waals surface area contributed by atoms with Gasteiger partial charge in [-0.15, -0.1) is 0 Å². The number of fused-ring (bicyclic) bond motifs is 1. The fourth-order valence-corrected chi connectivity index (χ4v) is 2.79. The van der Waals surface area contributed by atoms with Crippen molar-refractivity contribution in [2.75, 3.05) is 0 Å². The lowest BCUT2D eigenvalue weighted by Crippen LogP contribution is -2.03. The first-order chi connectivity index (χ1) is 10.2. The van der Waals surface area contributed by atoms with Gasteiger partial charge in [0.25, 0.3) is 0 Å². The third-order valence-corrected chi connectivity index (χ3v) is 3.91. The Balaban J connectivity index is 0.00000176. The second-order valence-electron chi connectivity index (χ2n) is 5.38. The molecule has 116 valence electrons. The predicted octanol–water partition coefficient (Wildman–Crippen LogP) is 4.41. The van der Waals surface area contributed by atoms with E-state index in [0.717, 1.165) is 24.2 Å². The molecule has 0 bridgehead atoms. The van der Waals surface area contributed by atoms with Gasteiger partial charge >= 0.3 is 5.97 Å². The van der Waals surface area contributed by atoms with Gasteiger partial charge in [-0.25, -0.2) is 0 Å². The van der Waals surface area contributed by atoms with Crippen molar-refractivity contribution in [3.63, 3.8) is 0 Å². The van der Waals surface area contributed by atoms with Crippen molar-refractivity contribution in [1.29, 1.82) is 0 Å². The molecular formula is C19H22O3. The van der Waals surface area contributed by atoms with Crippen LogP contribution in [-0.2, 0) is 17.6 Å². The molecule has 0 saturated heterocycles. The van der Waals surface area contributed by atoms with Crippen LogP contribution in [0.2, 0.25) is 0 Å². The molecule has 0 amide bonds. The molecule has 1 aliphatic rings. The van der Waals surface area contributed by atoms with Gasteiger partial charge in [0.05, 0.1) is 0 Å². The van der Waals surface area contributed by atoms with Crippen molar-refractivity contribution >= 4 is 5.97 Å². The minimum absolute atomic E-state index is 0. The minimum atomic E-state index is -0.766. The van der Waals surface area contributed by atoms with Gasteiger partial charge in [0.1, 0.15) is 11.9 Å². The monoisotopic (exact) mass is 298 g/mol. The van der Waals surface area contributed by atoms with Gasteiger partial charge in [0.15, 0.2) is 0 Å². The molecule has 0 spiro atoms. The molecule has 1 N–H and O–H groups in total. The number of benzene rings is 2. The summed E-state index contributed by atoms with van der Waals surface area (Å²) in [5, 5.41) is 8.69. The number of ether oxygens (including phenoxy) is 1. The second kappa shape index (κ2) is 7.12. The summed E-state index contributed by atoms with van der Waals surface area (Å²) >= 11 is 0. The fraction of sp³-hybridized carbons (Fsp3) is 0.316. The molecule has 1 unspecified atom stereocenters. The molecule has 3 heteroatoms. The topological polar surface area (TPSA) is 46.5 Å². The molecule has 0 heterocycles. The smallest absolute Gasteiger partial charge is 0.303 e. The minimum Gasteiger partial charge on any atom is -0.486 e. The lowest BCUT2D eigenvalue weighted by molar-refractivity contribution is -0.136. The van der Waals surface area contributed by atoms with Crippen LogP contribution in [-0.4, -0.2) is 11.1 Å². The Morgan fingerprint density at radius 1 is 1.14 bits per heavy atom. The molecule has 1 aliphatic carbocycles. The van der Waals surface area contributed by atoms with Crippen LogP contribution in [0.15, 0.2) is 48.5 Å². The average molecular weight is 298 g/mol. The third kappa shape index (κ3) is 3.67. The quantitative estimate of drug-likeness (QED) is 0.889. The van der Waals surface area contributed by atoms with E-state index in [0.29, 0.717) is 6.42 Å². The highest BCUT2D eigenvalue weighted by Gasteiger charge is 2.23. The largest absolute Gasteiger partial charge is 0.486 e. The fourth-order valence-electron chi connectivity index (χ4n) is 2.79. The van der Waals surface area contributed by atoms with Gasteiger partial charge in [-0.1, -0.05) is 43.8 Å². The maximum absolute atomic E-state index is 10.6. The first-order valence-electron chi connectivity index (χ1n) is 7.27. The number of aryl methyl sites for hydroxylation is 2. The lowest BCUT2D eigenvalue weighted by Gasteiger charge is -2.15. The number of carboxylic acid groups (broad SMARTS) is 1. The van der Waals surface area contributed by atoms with E-state index in [1.165, 1.54) is 11.1 Å². The first kappa shape index (κ1) is 16.1. The van der Waals surface area contributed by atoms with E-state index in [9.17, 15) is 4.79 Å². The van der Waals surface area contributed by atoms with E-state index >= 15 is 0 Å².